The summed E-state index contributed by atoms with van der Waals surface area (Å²) >= 11 is 0. The number of hydrogen-bond acceptors (Lipinski definition) is 4. The van der Waals surface area contributed by atoms with E-state index in [1.54, 1.807) is 0 Å². The molecule has 18 heavy (non-hydrogen) atoms. The van der Waals surface area contributed by atoms with Crippen molar-refractivity contribution in [1.82, 2.24) is 15.5 Å². The Morgan fingerprint density at radius 1 is 1.28 bits per heavy atom. The largest absolute Gasteiger partial charge is 0.352 e. The standard InChI is InChI=1S/C11H15N3O4/c1-11(2)8(16)13-10(18)14(9(11)17)5-6-3-4-7(15)12-6/h6H,3-5H2,1-2H3,(H,12,15)(H,13,16,18). The van der Waals surface area contributed by atoms with Crippen LogP contribution in [0.15, 0.2) is 0 Å². The minimum atomic E-state index is -1.25. The van der Waals surface area contributed by atoms with Crippen LogP contribution < -0.4 is 10.6 Å². The third-order valence-corrected chi connectivity index (χ3v) is 3.30. The van der Waals surface area contributed by atoms with E-state index in [1.807, 2.05) is 0 Å². The highest BCUT2D eigenvalue weighted by Gasteiger charge is 2.47. The first-order valence-corrected chi connectivity index (χ1v) is 5.79. The summed E-state index contributed by atoms with van der Waals surface area (Å²) in [6.45, 7) is 3.04. The van der Waals surface area contributed by atoms with E-state index in [0.717, 1.165) is 4.90 Å². The van der Waals surface area contributed by atoms with Crippen LogP contribution in [0.5, 0.6) is 0 Å². The van der Waals surface area contributed by atoms with E-state index >= 15 is 0 Å². The molecule has 0 aromatic heterocycles. The van der Waals surface area contributed by atoms with Crippen molar-refractivity contribution in [3.63, 3.8) is 0 Å². The maximum absolute atomic E-state index is 12.1. The highest BCUT2D eigenvalue weighted by molar-refractivity contribution is 6.18. The third kappa shape index (κ3) is 1.96. The van der Waals surface area contributed by atoms with Crippen LogP contribution in [-0.4, -0.2) is 41.2 Å². The molecule has 7 heteroatoms. The van der Waals surface area contributed by atoms with Crippen LogP contribution in [0.1, 0.15) is 26.7 Å². The van der Waals surface area contributed by atoms with Crippen LogP contribution in [0.25, 0.3) is 0 Å². The molecule has 2 heterocycles. The molecule has 98 valence electrons. The van der Waals surface area contributed by atoms with Crippen LogP contribution in [0.4, 0.5) is 4.79 Å². The summed E-state index contributed by atoms with van der Waals surface area (Å²) in [6, 6.07) is -0.943. The van der Waals surface area contributed by atoms with E-state index in [0.29, 0.717) is 12.8 Å². The van der Waals surface area contributed by atoms with Gasteiger partial charge in [0.05, 0.1) is 6.54 Å². The molecule has 5 amide bonds. The minimum absolute atomic E-state index is 0.0831. The Hall–Kier alpha value is -1.92. The van der Waals surface area contributed by atoms with E-state index in [1.165, 1.54) is 13.8 Å². The molecular weight excluding hydrogens is 238 g/mol. The van der Waals surface area contributed by atoms with Crippen LogP contribution >= 0.6 is 0 Å². The van der Waals surface area contributed by atoms with Crippen molar-refractivity contribution < 1.29 is 19.2 Å². The van der Waals surface area contributed by atoms with Gasteiger partial charge in [-0.25, -0.2) is 4.79 Å². The lowest BCUT2D eigenvalue weighted by atomic mass is 9.88. The molecule has 2 rings (SSSR count). The quantitative estimate of drug-likeness (QED) is 0.640. The Morgan fingerprint density at radius 2 is 1.94 bits per heavy atom. The molecule has 7 nitrogen and oxygen atoms in total. The number of amides is 5. The number of barbiturate groups is 1. The Morgan fingerprint density at radius 3 is 2.50 bits per heavy atom. The van der Waals surface area contributed by atoms with Crippen molar-refractivity contribution in [3.05, 3.63) is 0 Å². The van der Waals surface area contributed by atoms with Crippen LogP contribution in [0.2, 0.25) is 0 Å². The Labute approximate surface area is 104 Å². The predicted molar refractivity (Wildman–Crippen MR) is 60.2 cm³/mol. The van der Waals surface area contributed by atoms with Gasteiger partial charge in [-0.05, 0) is 20.3 Å². The van der Waals surface area contributed by atoms with E-state index in [9.17, 15) is 19.2 Å². The smallest absolute Gasteiger partial charge is 0.330 e. The molecule has 0 radical (unpaired) electrons. The maximum atomic E-state index is 12.1. The zero-order chi connectivity index (χ0) is 13.5. The topological polar surface area (TPSA) is 95.6 Å². The molecule has 1 atom stereocenters. The van der Waals surface area contributed by atoms with E-state index < -0.39 is 23.3 Å². The van der Waals surface area contributed by atoms with Gasteiger partial charge in [-0.2, -0.15) is 0 Å². The van der Waals surface area contributed by atoms with Crippen molar-refractivity contribution in [3.8, 4) is 0 Å². The first-order chi connectivity index (χ1) is 8.32. The Bertz CT molecular complexity index is 444. The lowest BCUT2D eigenvalue weighted by Gasteiger charge is -2.35. The van der Waals surface area contributed by atoms with E-state index in [4.69, 9.17) is 0 Å². The normalized spacial score (nSPS) is 27.2. The molecule has 0 aromatic carbocycles. The van der Waals surface area contributed by atoms with Gasteiger partial charge in [-0.3, -0.25) is 24.6 Å². The van der Waals surface area contributed by atoms with E-state index in [-0.39, 0.29) is 18.5 Å². The number of imide groups is 2. The summed E-state index contributed by atoms with van der Waals surface area (Å²) in [5, 5.41) is 4.83. The number of urea groups is 1. The number of nitrogens with one attached hydrogen (secondary N) is 2. The molecule has 0 aliphatic carbocycles. The fourth-order valence-corrected chi connectivity index (χ4v) is 2.05. The summed E-state index contributed by atoms with van der Waals surface area (Å²) in [6.07, 6.45) is 0.987. The molecule has 1 unspecified atom stereocenters. The van der Waals surface area contributed by atoms with Gasteiger partial charge < -0.3 is 5.32 Å². The average Bonchev–Trinajstić information content (AvgIpc) is 2.68. The van der Waals surface area contributed by atoms with Crippen LogP contribution in [0.3, 0.4) is 0 Å². The second-order valence-electron chi connectivity index (χ2n) is 5.10. The molecular formula is C11H15N3O4. The molecule has 0 aromatic rings. The summed E-state index contributed by atoms with van der Waals surface area (Å²) in [4.78, 5) is 47.3. The van der Waals surface area contributed by atoms with Crippen molar-refractivity contribution in [1.29, 1.82) is 0 Å². The van der Waals surface area contributed by atoms with E-state index in [2.05, 4.69) is 10.6 Å². The van der Waals surface area contributed by atoms with Crippen molar-refractivity contribution in [2.45, 2.75) is 32.7 Å². The highest BCUT2D eigenvalue weighted by atomic mass is 16.2. The predicted octanol–water partition coefficient (Wildman–Crippen LogP) is -0.630. The number of carbonyl (C=O) groups is 4. The van der Waals surface area contributed by atoms with Gasteiger partial charge >= 0.3 is 6.03 Å². The lowest BCUT2D eigenvalue weighted by Crippen LogP contribution is -2.63. The Kier molecular flexibility index (Phi) is 2.84. The van der Waals surface area contributed by atoms with Crippen molar-refractivity contribution >= 4 is 23.8 Å². The minimum Gasteiger partial charge on any atom is -0.352 e. The van der Waals surface area contributed by atoms with Crippen LogP contribution in [-0.2, 0) is 14.4 Å². The van der Waals surface area contributed by atoms with Crippen LogP contribution in [0, 0.1) is 5.41 Å². The fourth-order valence-electron chi connectivity index (χ4n) is 2.05. The molecule has 2 fully saturated rings. The van der Waals surface area contributed by atoms with Gasteiger partial charge in [0.25, 0.3) is 0 Å². The Balaban J connectivity index is 2.12. The van der Waals surface area contributed by atoms with Gasteiger partial charge in [-0.15, -0.1) is 0 Å². The lowest BCUT2D eigenvalue weighted by molar-refractivity contribution is -0.149. The molecule has 0 bridgehead atoms. The molecule has 2 N–H and O–H groups in total. The maximum Gasteiger partial charge on any atom is 0.330 e. The molecule has 0 saturated carbocycles. The SMILES string of the molecule is CC1(C)C(=O)NC(=O)N(CC2CCC(=O)N2)C1=O. The summed E-state index contributed by atoms with van der Waals surface area (Å²) in [5.74, 6) is -1.21. The second kappa shape index (κ2) is 4.08. The summed E-state index contributed by atoms with van der Waals surface area (Å²) in [5.41, 5.74) is -1.25. The summed E-state index contributed by atoms with van der Waals surface area (Å²) < 4.78 is 0. The monoisotopic (exact) mass is 253 g/mol. The average molecular weight is 253 g/mol. The third-order valence-electron chi connectivity index (χ3n) is 3.30. The number of carbonyl (C=O) groups excluding carboxylic acids is 4. The van der Waals surface area contributed by atoms with Gasteiger partial charge in [0.1, 0.15) is 5.41 Å². The zero-order valence-corrected chi connectivity index (χ0v) is 10.3. The summed E-state index contributed by atoms with van der Waals surface area (Å²) in [7, 11) is 0. The van der Waals surface area contributed by atoms with Gasteiger partial charge in [-0.1, -0.05) is 0 Å². The first kappa shape index (κ1) is 12.5. The molecule has 0 spiro atoms. The molecule has 2 aliphatic heterocycles. The zero-order valence-electron chi connectivity index (χ0n) is 10.3. The first-order valence-electron chi connectivity index (χ1n) is 5.79. The van der Waals surface area contributed by atoms with Crippen molar-refractivity contribution in [2.75, 3.05) is 6.54 Å². The highest BCUT2D eigenvalue weighted by Crippen LogP contribution is 2.24. The number of hydrogen-bond donors (Lipinski definition) is 2. The van der Waals surface area contributed by atoms with Crippen molar-refractivity contribution in [2.24, 2.45) is 5.41 Å². The molecule has 2 aliphatic rings. The van der Waals surface area contributed by atoms with Gasteiger partial charge in [0.15, 0.2) is 0 Å². The number of rotatable bonds is 2. The van der Waals surface area contributed by atoms with Gasteiger partial charge in [0.2, 0.25) is 17.7 Å². The number of nitrogens with zero attached hydrogens (tertiary/aromatic N) is 1. The second-order valence-corrected chi connectivity index (χ2v) is 5.10. The fraction of sp³-hybridized carbons (Fsp3) is 0.636. The van der Waals surface area contributed by atoms with Gasteiger partial charge in [0, 0.05) is 12.5 Å². The molecule has 2 saturated heterocycles.